The second kappa shape index (κ2) is 4.24. The Bertz CT molecular complexity index is 525. The summed E-state index contributed by atoms with van der Waals surface area (Å²) in [5.41, 5.74) is 6.81. The average molecular weight is 219 g/mol. The van der Waals surface area contributed by atoms with E-state index in [1.807, 2.05) is 0 Å². The SMILES string of the molecule is NCc1c[nH]n(Cc2ccc(O)cc2)c1=O. The van der Waals surface area contributed by atoms with Crippen molar-refractivity contribution in [2.75, 3.05) is 0 Å². The van der Waals surface area contributed by atoms with E-state index in [9.17, 15) is 4.79 Å². The van der Waals surface area contributed by atoms with Gasteiger partial charge in [0.1, 0.15) is 5.75 Å². The van der Waals surface area contributed by atoms with E-state index >= 15 is 0 Å². The number of phenols is 1. The number of aromatic hydroxyl groups is 1. The maximum Gasteiger partial charge on any atom is 0.271 e. The smallest absolute Gasteiger partial charge is 0.271 e. The molecule has 0 aliphatic carbocycles. The van der Waals surface area contributed by atoms with Crippen LogP contribution in [0.25, 0.3) is 0 Å². The molecule has 0 fully saturated rings. The highest BCUT2D eigenvalue weighted by molar-refractivity contribution is 5.26. The van der Waals surface area contributed by atoms with Gasteiger partial charge in [-0.1, -0.05) is 12.1 Å². The molecule has 4 N–H and O–H groups in total. The third-order valence-electron chi connectivity index (χ3n) is 2.41. The highest BCUT2D eigenvalue weighted by Gasteiger charge is 2.04. The molecule has 5 heteroatoms. The molecule has 0 saturated carbocycles. The van der Waals surface area contributed by atoms with Crippen LogP contribution in [0.1, 0.15) is 11.1 Å². The molecule has 1 heterocycles. The lowest BCUT2D eigenvalue weighted by Gasteiger charge is -2.01. The maximum absolute atomic E-state index is 11.7. The van der Waals surface area contributed by atoms with Crippen molar-refractivity contribution in [1.82, 2.24) is 9.78 Å². The van der Waals surface area contributed by atoms with Gasteiger partial charge in [0.05, 0.1) is 6.54 Å². The first kappa shape index (κ1) is 10.5. The lowest BCUT2D eigenvalue weighted by molar-refractivity contribution is 0.475. The van der Waals surface area contributed by atoms with Crippen LogP contribution < -0.4 is 11.3 Å². The fraction of sp³-hybridized carbons (Fsp3) is 0.182. The van der Waals surface area contributed by atoms with Crippen molar-refractivity contribution < 1.29 is 5.11 Å². The standard InChI is InChI=1S/C11H13N3O2/c12-5-9-6-13-14(11(9)16)7-8-1-3-10(15)4-2-8/h1-4,6,13,15H,5,7,12H2. The molecule has 0 radical (unpaired) electrons. The molecule has 1 aromatic heterocycles. The minimum absolute atomic E-state index is 0.101. The first-order valence-corrected chi connectivity index (χ1v) is 4.96. The van der Waals surface area contributed by atoms with E-state index in [0.717, 1.165) is 5.56 Å². The van der Waals surface area contributed by atoms with Gasteiger partial charge in [0.15, 0.2) is 0 Å². The second-order valence-corrected chi connectivity index (χ2v) is 3.56. The molecule has 2 rings (SSSR count). The fourth-order valence-corrected chi connectivity index (χ4v) is 1.50. The molecule has 0 aliphatic heterocycles. The highest BCUT2D eigenvalue weighted by Crippen LogP contribution is 2.09. The average Bonchev–Trinajstić information content (AvgIpc) is 2.63. The first-order chi connectivity index (χ1) is 7.70. The molecule has 16 heavy (non-hydrogen) atoms. The largest absolute Gasteiger partial charge is 0.508 e. The monoisotopic (exact) mass is 219 g/mol. The van der Waals surface area contributed by atoms with Gasteiger partial charge in [0.25, 0.3) is 5.56 Å². The molecule has 0 aliphatic rings. The van der Waals surface area contributed by atoms with E-state index in [-0.39, 0.29) is 17.9 Å². The Balaban J connectivity index is 2.24. The topological polar surface area (TPSA) is 84.0 Å². The molecule has 2 aromatic rings. The first-order valence-electron chi connectivity index (χ1n) is 4.96. The molecule has 0 unspecified atom stereocenters. The Hall–Kier alpha value is -2.01. The summed E-state index contributed by atoms with van der Waals surface area (Å²) in [6.07, 6.45) is 1.61. The van der Waals surface area contributed by atoms with E-state index in [1.165, 1.54) is 4.68 Å². The number of hydrogen-bond donors (Lipinski definition) is 3. The summed E-state index contributed by atoms with van der Waals surface area (Å²) in [6, 6.07) is 6.72. The Morgan fingerprint density at radius 1 is 1.31 bits per heavy atom. The number of rotatable bonds is 3. The van der Waals surface area contributed by atoms with Crippen molar-refractivity contribution in [1.29, 1.82) is 0 Å². The minimum Gasteiger partial charge on any atom is -0.508 e. The van der Waals surface area contributed by atoms with Gasteiger partial charge < -0.3 is 15.9 Å². The summed E-state index contributed by atoms with van der Waals surface area (Å²) < 4.78 is 1.48. The third kappa shape index (κ3) is 1.99. The lowest BCUT2D eigenvalue weighted by Crippen LogP contribution is -2.21. The van der Waals surface area contributed by atoms with E-state index in [0.29, 0.717) is 12.1 Å². The molecular weight excluding hydrogens is 206 g/mol. The van der Waals surface area contributed by atoms with E-state index in [1.54, 1.807) is 30.5 Å². The predicted molar refractivity (Wildman–Crippen MR) is 60.2 cm³/mol. The molecule has 84 valence electrons. The second-order valence-electron chi connectivity index (χ2n) is 3.56. The van der Waals surface area contributed by atoms with Crippen molar-refractivity contribution >= 4 is 0 Å². The van der Waals surface area contributed by atoms with Crippen molar-refractivity contribution in [3.8, 4) is 5.75 Å². The van der Waals surface area contributed by atoms with Crippen molar-refractivity contribution in [3.05, 3.63) is 51.9 Å². The summed E-state index contributed by atoms with van der Waals surface area (Å²) in [5, 5.41) is 12.0. The number of nitrogens with zero attached hydrogens (tertiary/aromatic N) is 1. The Kier molecular flexibility index (Phi) is 2.78. The number of hydrogen-bond acceptors (Lipinski definition) is 3. The fourth-order valence-electron chi connectivity index (χ4n) is 1.50. The van der Waals surface area contributed by atoms with Crippen LogP contribution in [0.2, 0.25) is 0 Å². The van der Waals surface area contributed by atoms with Crippen LogP contribution in [-0.2, 0) is 13.1 Å². The molecule has 0 saturated heterocycles. The van der Waals surface area contributed by atoms with Gasteiger partial charge in [-0.25, -0.2) is 4.68 Å². The van der Waals surface area contributed by atoms with Crippen LogP contribution in [0, 0.1) is 0 Å². The van der Waals surface area contributed by atoms with Crippen LogP contribution in [0.4, 0.5) is 0 Å². The zero-order valence-electron chi connectivity index (χ0n) is 8.68. The van der Waals surface area contributed by atoms with Crippen LogP contribution in [0.5, 0.6) is 5.75 Å². The summed E-state index contributed by atoms with van der Waals surface area (Å²) in [6.45, 7) is 0.678. The quantitative estimate of drug-likeness (QED) is 0.698. The summed E-state index contributed by atoms with van der Waals surface area (Å²) in [5.74, 6) is 0.213. The van der Waals surface area contributed by atoms with Crippen LogP contribution in [0.3, 0.4) is 0 Å². The third-order valence-corrected chi connectivity index (χ3v) is 2.41. The van der Waals surface area contributed by atoms with Crippen LogP contribution in [-0.4, -0.2) is 14.9 Å². The van der Waals surface area contributed by atoms with Crippen LogP contribution >= 0.6 is 0 Å². The van der Waals surface area contributed by atoms with Gasteiger partial charge in [-0.05, 0) is 17.7 Å². The van der Waals surface area contributed by atoms with E-state index < -0.39 is 0 Å². The molecule has 0 bridgehead atoms. The number of nitrogens with one attached hydrogen (secondary N) is 1. The number of phenolic OH excluding ortho intramolecular Hbond substituents is 1. The zero-order valence-corrected chi connectivity index (χ0v) is 8.68. The van der Waals surface area contributed by atoms with Crippen molar-refractivity contribution in [3.63, 3.8) is 0 Å². The van der Waals surface area contributed by atoms with Gasteiger partial charge in [0, 0.05) is 18.3 Å². The molecular formula is C11H13N3O2. The zero-order chi connectivity index (χ0) is 11.5. The Labute approximate surface area is 92.1 Å². The van der Waals surface area contributed by atoms with E-state index in [4.69, 9.17) is 10.8 Å². The maximum atomic E-state index is 11.7. The predicted octanol–water partition coefficient (Wildman–Crippen LogP) is 0.389. The highest BCUT2D eigenvalue weighted by atomic mass is 16.3. The van der Waals surface area contributed by atoms with Gasteiger partial charge in [0.2, 0.25) is 0 Å². The van der Waals surface area contributed by atoms with Gasteiger partial charge in [-0.2, -0.15) is 0 Å². The lowest BCUT2D eigenvalue weighted by atomic mass is 10.2. The molecule has 0 atom stereocenters. The molecule has 0 amide bonds. The minimum atomic E-state index is -0.101. The molecule has 1 aromatic carbocycles. The normalized spacial score (nSPS) is 10.6. The number of nitrogens with two attached hydrogens (primary N) is 1. The van der Waals surface area contributed by atoms with Gasteiger partial charge in [-0.15, -0.1) is 0 Å². The van der Waals surface area contributed by atoms with Crippen molar-refractivity contribution in [2.24, 2.45) is 5.73 Å². The summed E-state index contributed by atoms with van der Waals surface area (Å²) >= 11 is 0. The summed E-state index contributed by atoms with van der Waals surface area (Å²) in [4.78, 5) is 11.7. The summed E-state index contributed by atoms with van der Waals surface area (Å²) in [7, 11) is 0. The van der Waals surface area contributed by atoms with Gasteiger partial charge >= 0.3 is 0 Å². The number of aromatic nitrogens is 2. The molecule has 5 nitrogen and oxygen atoms in total. The van der Waals surface area contributed by atoms with E-state index in [2.05, 4.69) is 5.10 Å². The molecule has 0 spiro atoms. The Morgan fingerprint density at radius 3 is 2.56 bits per heavy atom. The number of aromatic amines is 1. The van der Waals surface area contributed by atoms with Crippen LogP contribution in [0.15, 0.2) is 35.3 Å². The Morgan fingerprint density at radius 2 is 2.00 bits per heavy atom. The van der Waals surface area contributed by atoms with Gasteiger partial charge in [-0.3, -0.25) is 4.79 Å². The number of benzene rings is 1. The number of H-pyrrole nitrogens is 1. The van der Waals surface area contributed by atoms with Crippen molar-refractivity contribution in [2.45, 2.75) is 13.1 Å².